The molecular weight excluding hydrogens is 394 g/mol. The van der Waals surface area contributed by atoms with Crippen LogP contribution in [0.15, 0.2) is 51.4 Å². The maximum atomic E-state index is 5.66. The second kappa shape index (κ2) is 8.44. The fourth-order valence-electron chi connectivity index (χ4n) is 1.87. The van der Waals surface area contributed by atoms with E-state index in [0.29, 0.717) is 0 Å². The predicted octanol–water partition coefficient (Wildman–Crippen LogP) is 6.00. The third kappa shape index (κ3) is 5.36. The summed E-state index contributed by atoms with van der Waals surface area (Å²) in [6.45, 7) is 3.74. The molecule has 0 spiro atoms. The van der Waals surface area contributed by atoms with Gasteiger partial charge in [-0.1, -0.05) is 41.4 Å². The molecule has 2 aromatic rings. The SMILES string of the molecule is CCCCOc1ccc(CNc2cc(Br)ccc2Br)cc1. The lowest BCUT2D eigenvalue weighted by Crippen LogP contribution is -2.01. The standard InChI is InChI=1S/C17H19Br2NO/c1-2-3-10-21-15-7-4-13(5-8-15)12-20-17-11-14(18)6-9-16(17)19/h4-9,11,20H,2-3,10,12H2,1H3. The first-order valence-corrected chi connectivity index (χ1v) is 8.68. The van der Waals surface area contributed by atoms with Gasteiger partial charge >= 0.3 is 0 Å². The Bertz CT molecular complexity index is 570. The van der Waals surface area contributed by atoms with E-state index in [9.17, 15) is 0 Å². The van der Waals surface area contributed by atoms with E-state index in [1.807, 2.05) is 24.3 Å². The van der Waals surface area contributed by atoms with E-state index < -0.39 is 0 Å². The van der Waals surface area contributed by atoms with Gasteiger partial charge < -0.3 is 10.1 Å². The predicted molar refractivity (Wildman–Crippen MR) is 96.0 cm³/mol. The molecule has 0 atom stereocenters. The van der Waals surface area contributed by atoms with Gasteiger partial charge in [0.1, 0.15) is 5.75 Å². The normalized spacial score (nSPS) is 10.4. The number of hydrogen-bond acceptors (Lipinski definition) is 2. The van der Waals surface area contributed by atoms with Crippen molar-refractivity contribution in [3.8, 4) is 5.75 Å². The largest absolute Gasteiger partial charge is 0.494 e. The quantitative estimate of drug-likeness (QED) is 0.562. The van der Waals surface area contributed by atoms with Crippen molar-refractivity contribution < 1.29 is 4.74 Å². The second-order valence-electron chi connectivity index (χ2n) is 4.82. The van der Waals surface area contributed by atoms with Crippen LogP contribution in [-0.2, 0) is 6.54 Å². The van der Waals surface area contributed by atoms with Crippen molar-refractivity contribution in [1.82, 2.24) is 0 Å². The molecule has 0 aliphatic carbocycles. The maximum absolute atomic E-state index is 5.66. The molecule has 2 rings (SSSR count). The highest BCUT2D eigenvalue weighted by atomic mass is 79.9. The zero-order chi connectivity index (χ0) is 15.1. The number of anilines is 1. The maximum Gasteiger partial charge on any atom is 0.119 e. The number of rotatable bonds is 7. The van der Waals surface area contributed by atoms with Crippen molar-refractivity contribution >= 4 is 37.5 Å². The number of nitrogens with one attached hydrogen (secondary N) is 1. The molecule has 112 valence electrons. The first-order valence-electron chi connectivity index (χ1n) is 7.09. The van der Waals surface area contributed by atoms with Gasteiger partial charge in [0.05, 0.1) is 6.61 Å². The van der Waals surface area contributed by atoms with Crippen LogP contribution >= 0.6 is 31.9 Å². The van der Waals surface area contributed by atoms with E-state index in [0.717, 1.165) is 46.4 Å². The van der Waals surface area contributed by atoms with Gasteiger partial charge in [0.25, 0.3) is 0 Å². The molecule has 0 fully saturated rings. The fraction of sp³-hybridized carbons (Fsp3) is 0.294. The molecule has 0 bridgehead atoms. The molecule has 0 unspecified atom stereocenters. The Morgan fingerprint density at radius 2 is 1.81 bits per heavy atom. The Balaban J connectivity index is 1.90. The molecule has 0 radical (unpaired) electrons. The molecular formula is C17H19Br2NO. The molecule has 0 saturated carbocycles. The molecule has 0 saturated heterocycles. The summed E-state index contributed by atoms with van der Waals surface area (Å²) in [6, 6.07) is 14.4. The van der Waals surface area contributed by atoms with E-state index in [4.69, 9.17) is 4.74 Å². The van der Waals surface area contributed by atoms with Crippen molar-refractivity contribution in [2.75, 3.05) is 11.9 Å². The number of unbranched alkanes of at least 4 members (excludes halogenated alkanes) is 1. The molecule has 1 N–H and O–H groups in total. The zero-order valence-corrected chi connectivity index (χ0v) is 15.2. The molecule has 2 aromatic carbocycles. The van der Waals surface area contributed by atoms with Crippen LogP contribution in [-0.4, -0.2) is 6.61 Å². The van der Waals surface area contributed by atoms with Gasteiger partial charge in [-0.25, -0.2) is 0 Å². The summed E-state index contributed by atoms with van der Waals surface area (Å²) in [5.41, 5.74) is 2.30. The van der Waals surface area contributed by atoms with Crippen LogP contribution in [0.5, 0.6) is 5.75 Å². The summed E-state index contributed by atoms with van der Waals surface area (Å²) in [4.78, 5) is 0. The Labute approximate surface area is 143 Å². The molecule has 0 aromatic heterocycles. The van der Waals surface area contributed by atoms with Crippen molar-refractivity contribution in [3.63, 3.8) is 0 Å². The van der Waals surface area contributed by atoms with Crippen LogP contribution < -0.4 is 10.1 Å². The van der Waals surface area contributed by atoms with Crippen molar-refractivity contribution in [2.45, 2.75) is 26.3 Å². The Hall–Kier alpha value is -1.00. The highest BCUT2D eigenvalue weighted by Crippen LogP contribution is 2.26. The summed E-state index contributed by atoms with van der Waals surface area (Å²) in [5, 5.41) is 3.42. The average molecular weight is 413 g/mol. The lowest BCUT2D eigenvalue weighted by molar-refractivity contribution is 0.309. The van der Waals surface area contributed by atoms with Crippen LogP contribution in [0.1, 0.15) is 25.3 Å². The minimum Gasteiger partial charge on any atom is -0.494 e. The van der Waals surface area contributed by atoms with Crippen LogP contribution in [0, 0.1) is 0 Å². The first kappa shape index (κ1) is 16.4. The highest BCUT2D eigenvalue weighted by Gasteiger charge is 2.01. The summed E-state index contributed by atoms with van der Waals surface area (Å²) < 4.78 is 7.79. The minimum absolute atomic E-state index is 0.782. The lowest BCUT2D eigenvalue weighted by atomic mass is 10.2. The smallest absolute Gasteiger partial charge is 0.119 e. The van der Waals surface area contributed by atoms with E-state index >= 15 is 0 Å². The third-order valence-electron chi connectivity index (χ3n) is 3.10. The Morgan fingerprint density at radius 1 is 1.05 bits per heavy atom. The summed E-state index contributed by atoms with van der Waals surface area (Å²) in [5.74, 6) is 0.941. The third-order valence-corrected chi connectivity index (χ3v) is 4.29. The number of halogens is 2. The zero-order valence-electron chi connectivity index (χ0n) is 12.0. The summed E-state index contributed by atoms with van der Waals surface area (Å²) in [7, 11) is 0. The van der Waals surface area contributed by atoms with Crippen LogP contribution in [0.2, 0.25) is 0 Å². The van der Waals surface area contributed by atoms with E-state index in [-0.39, 0.29) is 0 Å². The molecule has 0 aliphatic heterocycles. The van der Waals surface area contributed by atoms with Crippen LogP contribution in [0.25, 0.3) is 0 Å². The molecule has 0 amide bonds. The van der Waals surface area contributed by atoms with Gasteiger partial charge in [0.15, 0.2) is 0 Å². The first-order chi connectivity index (χ1) is 10.2. The minimum atomic E-state index is 0.782. The van der Waals surface area contributed by atoms with Gasteiger partial charge in [-0.05, 0) is 58.2 Å². The molecule has 21 heavy (non-hydrogen) atoms. The topological polar surface area (TPSA) is 21.3 Å². The summed E-state index contributed by atoms with van der Waals surface area (Å²) in [6.07, 6.45) is 2.25. The van der Waals surface area contributed by atoms with Crippen LogP contribution in [0.4, 0.5) is 5.69 Å². The fourth-order valence-corrected chi connectivity index (χ4v) is 2.62. The van der Waals surface area contributed by atoms with E-state index in [1.54, 1.807) is 0 Å². The number of benzene rings is 2. The second-order valence-corrected chi connectivity index (χ2v) is 6.59. The van der Waals surface area contributed by atoms with Gasteiger partial charge in [0, 0.05) is 21.2 Å². The Kier molecular flexibility index (Phi) is 6.58. The van der Waals surface area contributed by atoms with Gasteiger partial charge in [-0.15, -0.1) is 0 Å². The molecule has 0 aliphatic rings. The molecule has 4 heteroatoms. The van der Waals surface area contributed by atoms with Crippen molar-refractivity contribution in [2.24, 2.45) is 0 Å². The Morgan fingerprint density at radius 3 is 2.52 bits per heavy atom. The van der Waals surface area contributed by atoms with E-state index in [1.165, 1.54) is 5.56 Å². The number of hydrogen-bond donors (Lipinski definition) is 1. The highest BCUT2D eigenvalue weighted by molar-refractivity contribution is 9.11. The van der Waals surface area contributed by atoms with E-state index in [2.05, 4.69) is 62.3 Å². The average Bonchev–Trinajstić information content (AvgIpc) is 2.50. The van der Waals surface area contributed by atoms with Crippen molar-refractivity contribution in [1.29, 1.82) is 0 Å². The number of ether oxygens (including phenoxy) is 1. The van der Waals surface area contributed by atoms with Crippen molar-refractivity contribution in [3.05, 3.63) is 57.0 Å². The van der Waals surface area contributed by atoms with Crippen LogP contribution in [0.3, 0.4) is 0 Å². The molecule has 0 heterocycles. The van der Waals surface area contributed by atoms with Gasteiger partial charge in [-0.3, -0.25) is 0 Å². The van der Waals surface area contributed by atoms with Gasteiger partial charge in [-0.2, -0.15) is 0 Å². The summed E-state index contributed by atoms with van der Waals surface area (Å²) >= 11 is 7.03. The lowest BCUT2D eigenvalue weighted by Gasteiger charge is -2.10. The monoisotopic (exact) mass is 411 g/mol. The van der Waals surface area contributed by atoms with Gasteiger partial charge in [0.2, 0.25) is 0 Å². The molecule has 2 nitrogen and oxygen atoms in total.